The Morgan fingerprint density at radius 3 is 2.83 bits per heavy atom. The third kappa shape index (κ3) is 4.45. The zero-order chi connectivity index (χ0) is 17.0. The molecule has 1 atom stereocenters. The number of hydrogen-bond donors (Lipinski definition) is 1. The predicted octanol–water partition coefficient (Wildman–Crippen LogP) is 1.81. The number of benzene rings is 1. The van der Waals surface area contributed by atoms with Crippen LogP contribution in [0.5, 0.6) is 5.75 Å². The van der Waals surface area contributed by atoms with Gasteiger partial charge >= 0.3 is 5.97 Å². The average molecular weight is 321 g/mol. The topological polar surface area (TPSA) is 76.1 Å². The van der Waals surface area contributed by atoms with E-state index in [1.807, 2.05) is 25.1 Å². The van der Waals surface area contributed by atoms with Crippen LogP contribution in [0.15, 0.2) is 18.2 Å². The Hall–Kier alpha value is -2.08. The van der Waals surface area contributed by atoms with Crippen molar-refractivity contribution in [2.75, 3.05) is 26.3 Å². The summed E-state index contributed by atoms with van der Waals surface area (Å²) >= 11 is 0. The Morgan fingerprint density at radius 1 is 1.43 bits per heavy atom. The maximum absolute atomic E-state index is 12.2. The van der Waals surface area contributed by atoms with Crippen molar-refractivity contribution < 1.29 is 24.2 Å². The van der Waals surface area contributed by atoms with Gasteiger partial charge < -0.3 is 19.5 Å². The molecule has 0 aliphatic carbocycles. The van der Waals surface area contributed by atoms with E-state index in [2.05, 4.69) is 13.8 Å². The number of carboxylic acid groups (broad SMARTS) is 1. The molecule has 1 heterocycles. The molecule has 1 aliphatic rings. The molecule has 0 unspecified atom stereocenters. The van der Waals surface area contributed by atoms with Crippen molar-refractivity contribution in [3.8, 4) is 5.75 Å². The van der Waals surface area contributed by atoms with Crippen molar-refractivity contribution in [2.45, 2.75) is 32.8 Å². The minimum Gasteiger partial charge on any atom is -0.483 e. The molecule has 2 rings (SSSR count). The summed E-state index contributed by atoms with van der Waals surface area (Å²) in [5.41, 5.74) is 2.11. The molecule has 126 valence electrons. The van der Waals surface area contributed by atoms with Crippen LogP contribution in [0.4, 0.5) is 0 Å². The van der Waals surface area contributed by atoms with Gasteiger partial charge in [0.05, 0.1) is 13.2 Å². The fraction of sp³-hybridized carbons (Fsp3) is 0.529. The molecule has 23 heavy (non-hydrogen) atoms. The van der Waals surface area contributed by atoms with Gasteiger partial charge in [0.15, 0.2) is 12.7 Å². The number of ether oxygens (including phenoxy) is 2. The molecule has 1 N–H and O–H groups in total. The standard InChI is InChI=1S/C17H23NO5/c1-11(2)13-5-4-12(3)14(8-13)23-10-16(19)18-6-7-22-15(9-18)17(20)21/h4-5,8,11,15H,6-7,9-10H2,1-3H3,(H,20,21)/t15-/m0/s1. The van der Waals surface area contributed by atoms with Crippen LogP contribution in [-0.4, -0.2) is 54.3 Å². The summed E-state index contributed by atoms with van der Waals surface area (Å²) in [6.45, 7) is 6.69. The molecule has 1 saturated heterocycles. The summed E-state index contributed by atoms with van der Waals surface area (Å²) in [6.07, 6.45) is -0.960. The maximum atomic E-state index is 12.2. The van der Waals surface area contributed by atoms with Crippen LogP contribution in [0, 0.1) is 6.92 Å². The first-order valence-corrected chi connectivity index (χ1v) is 7.74. The van der Waals surface area contributed by atoms with Gasteiger partial charge in [-0.15, -0.1) is 0 Å². The normalized spacial score (nSPS) is 18.1. The van der Waals surface area contributed by atoms with E-state index in [0.29, 0.717) is 18.2 Å². The monoisotopic (exact) mass is 321 g/mol. The minimum atomic E-state index is -1.05. The van der Waals surface area contributed by atoms with Crippen molar-refractivity contribution in [3.63, 3.8) is 0 Å². The van der Waals surface area contributed by atoms with Gasteiger partial charge in [-0.1, -0.05) is 26.0 Å². The van der Waals surface area contributed by atoms with Gasteiger partial charge in [-0.3, -0.25) is 4.79 Å². The number of hydrogen-bond acceptors (Lipinski definition) is 4. The molecule has 0 aromatic heterocycles. The average Bonchev–Trinajstić information content (AvgIpc) is 2.53. The summed E-state index contributed by atoms with van der Waals surface area (Å²) in [5, 5.41) is 8.97. The summed E-state index contributed by atoms with van der Waals surface area (Å²) in [7, 11) is 0. The third-order valence-electron chi connectivity index (χ3n) is 3.92. The quantitative estimate of drug-likeness (QED) is 0.895. The Bertz CT molecular complexity index is 584. The number of aliphatic carboxylic acids is 1. The van der Waals surface area contributed by atoms with E-state index in [1.165, 1.54) is 4.90 Å². The van der Waals surface area contributed by atoms with Crippen LogP contribution in [0.3, 0.4) is 0 Å². The third-order valence-corrected chi connectivity index (χ3v) is 3.92. The number of nitrogens with zero attached hydrogens (tertiary/aromatic N) is 1. The summed E-state index contributed by atoms with van der Waals surface area (Å²) < 4.78 is 10.8. The zero-order valence-corrected chi connectivity index (χ0v) is 13.7. The first kappa shape index (κ1) is 17.3. The fourth-order valence-corrected chi connectivity index (χ4v) is 2.39. The lowest BCUT2D eigenvalue weighted by atomic mass is 10.0. The van der Waals surface area contributed by atoms with Gasteiger partial charge in [0.1, 0.15) is 5.75 Å². The minimum absolute atomic E-state index is 0.0581. The highest BCUT2D eigenvalue weighted by Gasteiger charge is 2.29. The lowest BCUT2D eigenvalue weighted by Gasteiger charge is -2.30. The summed E-state index contributed by atoms with van der Waals surface area (Å²) in [6, 6.07) is 5.98. The number of carbonyl (C=O) groups is 2. The largest absolute Gasteiger partial charge is 0.483 e. The Labute approximate surface area is 136 Å². The SMILES string of the molecule is Cc1ccc(C(C)C)cc1OCC(=O)N1CCO[C@H](C(=O)O)C1. The van der Waals surface area contributed by atoms with Crippen molar-refractivity contribution in [3.05, 3.63) is 29.3 Å². The number of carbonyl (C=O) groups excluding carboxylic acids is 1. The van der Waals surface area contributed by atoms with Gasteiger partial charge in [-0.25, -0.2) is 4.79 Å². The van der Waals surface area contributed by atoms with E-state index in [9.17, 15) is 9.59 Å². The second-order valence-corrected chi connectivity index (χ2v) is 6.01. The Kier molecular flexibility index (Phi) is 5.60. The van der Waals surface area contributed by atoms with E-state index in [4.69, 9.17) is 14.6 Å². The van der Waals surface area contributed by atoms with Crippen LogP contribution in [-0.2, 0) is 14.3 Å². The highest BCUT2D eigenvalue weighted by Crippen LogP contribution is 2.24. The van der Waals surface area contributed by atoms with E-state index < -0.39 is 12.1 Å². The number of aryl methyl sites for hydroxylation is 1. The molecular weight excluding hydrogens is 298 g/mol. The molecule has 1 aromatic carbocycles. The second kappa shape index (κ2) is 7.46. The van der Waals surface area contributed by atoms with E-state index in [0.717, 1.165) is 11.1 Å². The van der Waals surface area contributed by atoms with Crippen LogP contribution >= 0.6 is 0 Å². The molecular formula is C17H23NO5. The van der Waals surface area contributed by atoms with Crippen LogP contribution in [0.2, 0.25) is 0 Å². The van der Waals surface area contributed by atoms with Crippen molar-refractivity contribution >= 4 is 11.9 Å². The number of rotatable bonds is 5. The predicted molar refractivity (Wildman–Crippen MR) is 84.7 cm³/mol. The van der Waals surface area contributed by atoms with Crippen molar-refractivity contribution in [2.24, 2.45) is 0 Å². The highest BCUT2D eigenvalue weighted by atomic mass is 16.5. The molecule has 1 aromatic rings. The van der Waals surface area contributed by atoms with Gasteiger partial charge in [0.25, 0.3) is 5.91 Å². The fourth-order valence-electron chi connectivity index (χ4n) is 2.39. The molecule has 1 fully saturated rings. The summed E-state index contributed by atoms with van der Waals surface area (Å²) in [4.78, 5) is 24.7. The number of morpholine rings is 1. The highest BCUT2D eigenvalue weighted by molar-refractivity contribution is 5.79. The second-order valence-electron chi connectivity index (χ2n) is 6.01. The Balaban J connectivity index is 1.96. The van der Waals surface area contributed by atoms with Crippen LogP contribution in [0.1, 0.15) is 30.9 Å². The molecule has 0 radical (unpaired) electrons. The zero-order valence-electron chi connectivity index (χ0n) is 13.7. The van der Waals surface area contributed by atoms with Crippen LogP contribution < -0.4 is 4.74 Å². The van der Waals surface area contributed by atoms with Crippen molar-refractivity contribution in [1.82, 2.24) is 4.90 Å². The molecule has 1 aliphatic heterocycles. The van der Waals surface area contributed by atoms with E-state index >= 15 is 0 Å². The molecule has 1 amide bonds. The smallest absolute Gasteiger partial charge is 0.334 e. The van der Waals surface area contributed by atoms with Gasteiger partial charge in [0.2, 0.25) is 0 Å². The van der Waals surface area contributed by atoms with E-state index in [-0.39, 0.29) is 25.7 Å². The van der Waals surface area contributed by atoms with Gasteiger partial charge in [0, 0.05) is 6.54 Å². The molecule has 6 nitrogen and oxygen atoms in total. The van der Waals surface area contributed by atoms with Gasteiger partial charge in [-0.05, 0) is 30.0 Å². The maximum Gasteiger partial charge on any atom is 0.334 e. The molecule has 0 bridgehead atoms. The molecule has 0 saturated carbocycles. The molecule has 6 heteroatoms. The van der Waals surface area contributed by atoms with Crippen molar-refractivity contribution in [1.29, 1.82) is 0 Å². The van der Waals surface area contributed by atoms with E-state index in [1.54, 1.807) is 0 Å². The summed E-state index contributed by atoms with van der Waals surface area (Å²) in [5.74, 6) is -0.213. The number of amides is 1. The molecule has 0 spiro atoms. The lowest BCUT2D eigenvalue weighted by Crippen LogP contribution is -2.49. The van der Waals surface area contributed by atoms with Crippen LogP contribution in [0.25, 0.3) is 0 Å². The first-order valence-electron chi connectivity index (χ1n) is 7.74. The van der Waals surface area contributed by atoms with Gasteiger partial charge in [-0.2, -0.15) is 0 Å². The first-order chi connectivity index (χ1) is 10.9. The lowest BCUT2D eigenvalue weighted by molar-refractivity contribution is -0.159. The Morgan fingerprint density at radius 2 is 2.17 bits per heavy atom. The number of carboxylic acids is 1.